The van der Waals surface area contributed by atoms with Crippen LogP contribution < -0.4 is 5.32 Å². The van der Waals surface area contributed by atoms with E-state index < -0.39 is 11.7 Å². The molecule has 2 nitrogen and oxygen atoms in total. The Morgan fingerprint density at radius 1 is 1.20 bits per heavy atom. The van der Waals surface area contributed by atoms with Gasteiger partial charge in [-0.15, -0.1) is 0 Å². The Kier molecular flexibility index (Phi) is 4.25. The predicted molar refractivity (Wildman–Crippen MR) is 76.4 cm³/mol. The minimum Gasteiger partial charge on any atom is -0.340 e. The molecule has 2 rings (SSSR count). The lowest BCUT2D eigenvalue weighted by Gasteiger charge is -2.12. The molecule has 0 saturated heterocycles. The molecule has 0 fully saturated rings. The summed E-state index contributed by atoms with van der Waals surface area (Å²) in [6.07, 6.45) is -4.46. The highest BCUT2D eigenvalue weighted by Crippen LogP contribution is 2.33. The molecule has 0 aliphatic carbocycles. The second-order valence-corrected chi connectivity index (χ2v) is 5.45. The van der Waals surface area contributed by atoms with Crippen molar-refractivity contribution in [2.75, 3.05) is 5.32 Å². The van der Waals surface area contributed by atoms with Gasteiger partial charge in [0.2, 0.25) is 0 Å². The number of pyridine rings is 1. The number of aryl methyl sites for hydroxylation is 1. The molecule has 0 unspecified atom stereocenters. The fourth-order valence-electron chi connectivity index (χ4n) is 1.63. The summed E-state index contributed by atoms with van der Waals surface area (Å²) in [5.41, 5.74) is 0.695. The molecule has 106 valence electrons. The van der Waals surface area contributed by atoms with Gasteiger partial charge in [0.05, 0.1) is 5.56 Å². The molecule has 0 atom stereocenters. The van der Waals surface area contributed by atoms with E-state index in [1.165, 1.54) is 0 Å². The molecule has 0 radical (unpaired) electrons. The fraction of sp³-hybridized carbons (Fsp3) is 0.154. The summed E-state index contributed by atoms with van der Waals surface area (Å²) in [6.45, 7) is 1.84. The lowest BCUT2D eigenvalue weighted by atomic mass is 10.2. The maximum absolute atomic E-state index is 12.7. The molecule has 20 heavy (non-hydrogen) atoms. The second kappa shape index (κ2) is 5.61. The van der Waals surface area contributed by atoms with Gasteiger partial charge in [-0.3, -0.25) is 0 Å². The van der Waals surface area contributed by atoms with Gasteiger partial charge in [0.25, 0.3) is 0 Å². The van der Waals surface area contributed by atoms with E-state index in [9.17, 15) is 13.2 Å². The smallest absolute Gasteiger partial charge is 0.340 e. The van der Waals surface area contributed by atoms with Crippen LogP contribution in [0.1, 0.15) is 11.1 Å². The van der Waals surface area contributed by atoms with E-state index in [-0.39, 0.29) is 11.0 Å². The number of aromatic nitrogens is 1. The monoisotopic (exact) mass is 364 g/mol. The highest BCUT2D eigenvalue weighted by molar-refractivity contribution is 9.10. The Morgan fingerprint density at radius 3 is 2.50 bits per heavy atom. The quantitative estimate of drug-likeness (QED) is 0.704. The summed E-state index contributed by atoms with van der Waals surface area (Å²) in [5, 5.41) is 2.63. The molecule has 0 bridgehead atoms. The summed E-state index contributed by atoms with van der Waals surface area (Å²) >= 11 is 8.95. The Balaban J connectivity index is 2.36. The van der Waals surface area contributed by atoms with Crippen LogP contribution in [-0.4, -0.2) is 4.98 Å². The van der Waals surface area contributed by atoms with Crippen molar-refractivity contribution >= 4 is 39.0 Å². The average molecular weight is 366 g/mol. The van der Waals surface area contributed by atoms with Crippen molar-refractivity contribution in [2.24, 2.45) is 0 Å². The Hall–Kier alpha value is -1.27. The molecule has 1 N–H and O–H groups in total. The SMILES string of the molecule is Cc1cc(Br)ccc1Nc1cc(C(F)(F)F)cc(Cl)n1. The third kappa shape index (κ3) is 3.64. The predicted octanol–water partition coefficient (Wildman–Crippen LogP) is 5.57. The molecule has 0 amide bonds. The van der Waals surface area contributed by atoms with Gasteiger partial charge >= 0.3 is 6.18 Å². The molecule has 0 saturated carbocycles. The van der Waals surface area contributed by atoms with E-state index in [1.54, 1.807) is 12.1 Å². The second-order valence-electron chi connectivity index (χ2n) is 4.15. The molecule has 7 heteroatoms. The number of alkyl halides is 3. The topological polar surface area (TPSA) is 24.9 Å². The van der Waals surface area contributed by atoms with Crippen LogP contribution in [0.15, 0.2) is 34.8 Å². The highest BCUT2D eigenvalue weighted by atomic mass is 79.9. The summed E-state index contributed by atoms with van der Waals surface area (Å²) in [5.74, 6) is 0.0512. The van der Waals surface area contributed by atoms with Gasteiger partial charge in [-0.25, -0.2) is 4.98 Å². The van der Waals surface area contributed by atoms with Gasteiger partial charge in [0.1, 0.15) is 11.0 Å². The van der Waals surface area contributed by atoms with E-state index in [1.807, 2.05) is 13.0 Å². The zero-order valence-electron chi connectivity index (χ0n) is 10.2. The van der Waals surface area contributed by atoms with Crippen LogP contribution in [-0.2, 0) is 6.18 Å². The molecular weight excluding hydrogens is 357 g/mol. The molecule has 1 aromatic heterocycles. The molecule has 0 spiro atoms. The number of anilines is 2. The van der Waals surface area contributed by atoms with Crippen molar-refractivity contribution in [1.82, 2.24) is 4.98 Å². The summed E-state index contributed by atoms with van der Waals surface area (Å²) in [7, 11) is 0. The molecular formula is C13H9BrClF3N2. The van der Waals surface area contributed by atoms with Crippen molar-refractivity contribution in [1.29, 1.82) is 0 Å². The number of benzene rings is 1. The van der Waals surface area contributed by atoms with Crippen LogP contribution in [0.25, 0.3) is 0 Å². The lowest BCUT2D eigenvalue weighted by molar-refractivity contribution is -0.137. The van der Waals surface area contributed by atoms with E-state index in [0.29, 0.717) is 5.69 Å². The third-order valence-corrected chi connectivity index (χ3v) is 3.26. The van der Waals surface area contributed by atoms with Gasteiger partial charge in [0, 0.05) is 10.2 Å². The molecule has 2 aromatic rings. The van der Waals surface area contributed by atoms with Gasteiger partial charge in [-0.2, -0.15) is 13.2 Å². The normalized spacial score (nSPS) is 11.5. The molecule has 0 aliphatic rings. The number of nitrogens with zero attached hydrogens (tertiary/aromatic N) is 1. The van der Waals surface area contributed by atoms with E-state index in [2.05, 4.69) is 26.2 Å². The first-order valence-electron chi connectivity index (χ1n) is 5.53. The van der Waals surface area contributed by atoms with Crippen LogP contribution in [0.5, 0.6) is 0 Å². The van der Waals surface area contributed by atoms with Gasteiger partial charge in [-0.05, 0) is 42.8 Å². The average Bonchev–Trinajstić information content (AvgIpc) is 2.31. The summed E-state index contributed by atoms with van der Waals surface area (Å²) < 4.78 is 39.0. The van der Waals surface area contributed by atoms with E-state index in [4.69, 9.17) is 11.6 Å². The van der Waals surface area contributed by atoms with Crippen LogP contribution >= 0.6 is 27.5 Å². The van der Waals surface area contributed by atoms with Gasteiger partial charge in [0.15, 0.2) is 0 Å². The zero-order chi connectivity index (χ0) is 14.9. The maximum atomic E-state index is 12.7. The third-order valence-electron chi connectivity index (χ3n) is 2.57. The molecule has 1 heterocycles. The number of hydrogen-bond acceptors (Lipinski definition) is 2. The van der Waals surface area contributed by atoms with E-state index >= 15 is 0 Å². The van der Waals surface area contributed by atoms with Crippen LogP contribution in [0, 0.1) is 6.92 Å². The van der Waals surface area contributed by atoms with Gasteiger partial charge < -0.3 is 5.32 Å². The number of halogens is 5. The van der Waals surface area contributed by atoms with E-state index in [0.717, 1.165) is 22.2 Å². The van der Waals surface area contributed by atoms with Gasteiger partial charge in [-0.1, -0.05) is 27.5 Å². The molecule has 0 aliphatic heterocycles. The van der Waals surface area contributed by atoms with Crippen molar-refractivity contribution in [2.45, 2.75) is 13.1 Å². The summed E-state index contributed by atoms with van der Waals surface area (Å²) in [6, 6.07) is 7.09. The lowest BCUT2D eigenvalue weighted by Crippen LogP contribution is -2.07. The van der Waals surface area contributed by atoms with Crippen molar-refractivity contribution in [3.63, 3.8) is 0 Å². The van der Waals surface area contributed by atoms with Crippen LogP contribution in [0.3, 0.4) is 0 Å². The van der Waals surface area contributed by atoms with Crippen molar-refractivity contribution < 1.29 is 13.2 Å². The minimum absolute atomic E-state index is 0.0512. The number of nitrogens with one attached hydrogen (secondary N) is 1. The minimum atomic E-state index is -4.46. The Labute approximate surface area is 127 Å². The van der Waals surface area contributed by atoms with Crippen molar-refractivity contribution in [3.8, 4) is 0 Å². The Bertz CT molecular complexity index is 644. The summed E-state index contributed by atoms with van der Waals surface area (Å²) in [4.78, 5) is 3.85. The fourth-order valence-corrected chi connectivity index (χ4v) is 2.31. The first kappa shape index (κ1) is 15.1. The van der Waals surface area contributed by atoms with Crippen molar-refractivity contribution in [3.05, 3.63) is 51.1 Å². The zero-order valence-corrected chi connectivity index (χ0v) is 12.6. The largest absolute Gasteiger partial charge is 0.416 e. The first-order valence-corrected chi connectivity index (χ1v) is 6.71. The Morgan fingerprint density at radius 2 is 1.90 bits per heavy atom. The van der Waals surface area contributed by atoms with Crippen LogP contribution in [0.2, 0.25) is 5.15 Å². The van der Waals surface area contributed by atoms with Crippen LogP contribution in [0.4, 0.5) is 24.7 Å². The first-order chi connectivity index (χ1) is 9.25. The standard InChI is InChI=1S/C13H9BrClF3N2/c1-7-4-9(14)2-3-10(7)19-12-6-8(13(16,17)18)5-11(15)20-12/h2-6H,1H3,(H,19,20). The highest BCUT2D eigenvalue weighted by Gasteiger charge is 2.31. The maximum Gasteiger partial charge on any atom is 0.416 e. The number of rotatable bonds is 2. The number of hydrogen-bond donors (Lipinski definition) is 1. The molecule has 1 aromatic carbocycles.